The van der Waals surface area contributed by atoms with Crippen molar-refractivity contribution in [2.75, 3.05) is 10.2 Å². The van der Waals surface area contributed by atoms with Crippen molar-refractivity contribution >= 4 is 33.0 Å². The molecule has 0 aromatic heterocycles. The summed E-state index contributed by atoms with van der Waals surface area (Å²) in [6, 6.07) is 34.5. The molecule has 0 spiro atoms. The summed E-state index contributed by atoms with van der Waals surface area (Å²) in [6.07, 6.45) is 5.19. The summed E-state index contributed by atoms with van der Waals surface area (Å²) >= 11 is 1.91. The van der Waals surface area contributed by atoms with Gasteiger partial charge in [0.05, 0.1) is 0 Å². The Bertz CT molecular complexity index is 1140. The summed E-state index contributed by atoms with van der Waals surface area (Å²) in [5, 5.41) is 0. The number of benzene rings is 4. The second-order valence-electron chi connectivity index (χ2n) is 9.12. The van der Waals surface area contributed by atoms with Crippen LogP contribution in [0.15, 0.2) is 95.9 Å². The van der Waals surface area contributed by atoms with E-state index in [9.17, 15) is 0 Å². The van der Waals surface area contributed by atoms with Gasteiger partial charge < -0.3 is 0 Å². The molecule has 0 aliphatic rings. The maximum absolute atomic E-state index is 2.37. The van der Waals surface area contributed by atoms with Gasteiger partial charge in [0.25, 0.3) is 0 Å². The van der Waals surface area contributed by atoms with E-state index in [4.69, 9.17) is 0 Å². The Morgan fingerprint density at radius 2 is 1.20 bits per heavy atom. The number of unbranched alkanes of at least 4 members (excludes halogenated alkanes) is 2. The molecule has 35 heavy (non-hydrogen) atoms. The van der Waals surface area contributed by atoms with Gasteiger partial charge in [-0.3, -0.25) is 0 Å². The minimum atomic E-state index is -0.0524. The standard InChI is InChI=1S/C33H37IS/c1-4-6-19-34-32-15-11-26(12-16-32)29-22-30(24-31(23-29)28-10-8-9-25(3)21-28)27-13-17-33(18-14-27)35-20-7-5-2/h8-18,21-24,34H,4-7,19-20H2,1-3H3. The Morgan fingerprint density at radius 1 is 0.600 bits per heavy atom. The van der Waals surface area contributed by atoms with Gasteiger partial charge in [0.2, 0.25) is 0 Å². The molecule has 0 N–H and O–H groups in total. The zero-order valence-corrected chi connectivity index (χ0v) is 24.4. The van der Waals surface area contributed by atoms with E-state index in [0.717, 1.165) is 0 Å². The predicted octanol–water partition coefficient (Wildman–Crippen LogP) is 10.6. The van der Waals surface area contributed by atoms with E-state index in [1.165, 1.54) is 79.7 Å². The third-order valence-corrected chi connectivity index (χ3v) is 10.4. The van der Waals surface area contributed by atoms with Crippen molar-refractivity contribution in [3.05, 3.63) is 100 Å². The number of thioether (sulfide) groups is 1. The van der Waals surface area contributed by atoms with Crippen LogP contribution >= 0.6 is 33.0 Å². The molecule has 0 aliphatic heterocycles. The van der Waals surface area contributed by atoms with Crippen molar-refractivity contribution in [1.29, 1.82) is 0 Å². The Hall–Kier alpha value is -2.04. The Kier molecular flexibility index (Phi) is 9.91. The normalized spacial score (nSPS) is 11.2. The molecule has 0 saturated carbocycles. The maximum atomic E-state index is 2.37. The van der Waals surface area contributed by atoms with Crippen molar-refractivity contribution < 1.29 is 0 Å². The zero-order chi connectivity index (χ0) is 24.5. The summed E-state index contributed by atoms with van der Waals surface area (Å²) < 4.78 is 2.97. The van der Waals surface area contributed by atoms with Crippen LogP contribution in [-0.2, 0) is 0 Å². The molecule has 0 nitrogen and oxygen atoms in total. The van der Waals surface area contributed by atoms with Gasteiger partial charge in [0.15, 0.2) is 0 Å². The number of halogens is 1. The third-order valence-electron chi connectivity index (χ3n) is 6.19. The van der Waals surface area contributed by atoms with E-state index in [1.54, 1.807) is 3.57 Å². The summed E-state index contributed by atoms with van der Waals surface area (Å²) in [4.78, 5) is 1.36. The second kappa shape index (κ2) is 13.3. The van der Waals surface area contributed by atoms with Crippen LogP contribution in [0.1, 0.15) is 45.1 Å². The number of hydrogen-bond acceptors (Lipinski definition) is 1. The van der Waals surface area contributed by atoms with Crippen LogP contribution in [-0.4, -0.2) is 10.2 Å². The van der Waals surface area contributed by atoms with Crippen LogP contribution in [0.2, 0.25) is 0 Å². The Morgan fingerprint density at radius 3 is 1.80 bits per heavy atom. The average molecular weight is 593 g/mol. The van der Waals surface area contributed by atoms with Gasteiger partial charge in [-0.15, -0.1) is 0 Å². The second-order valence-corrected chi connectivity index (χ2v) is 13.6. The molecule has 0 saturated heterocycles. The van der Waals surface area contributed by atoms with Crippen LogP contribution in [0.3, 0.4) is 0 Å². The molecule has 0 aliphatic carbocycles. The molecule has 2 heteroatoms. The first-order valence-corrected chi connectivity index (χ1v) is 16.6. The van der Waals surface area contributed by atoms with E-state index in [1.807, 2.05) is 11.8 Å². The summed E-state index contributed by atoms with van der Waals surface area (Å²) in [7, 11) is 0. The number of alkyl halides is 1. The van der Waals surface area contributed by atoms with Gasteiger partial charge in [0.1, 0.15) is 0 Å². The van der Waals surface area contributed by atoms with E-state index in [-0.39, 0.29) is 21.2 Å². The summed E-state index contributed by atoms with van der Waals surface area (Å²) in [6.45, 7) is 6.71. The van der Waals surface area contributed by atoms with Crippen molar-refractivity contribution in [2.45, 2.75) is 51.3 Å². The van der Waals surface area contributed by atoms with E-state index in [2.05, 4.69) is 112 Å². The van der Waals surface area contributed by atoms with Crippen LogP contribution < -0.4 is 0 Å². The van der Waals surface area contributed by atoms with Gasteiger partial charge in [-0.2, -0.15) is 0 Å². The molecule has 0 heterocycles. The first-order valence-electron chi connectivity index (χ1n) is 12.8. The minimum absolute atomic E-state index is 0.0524. The quantitative estimate of drug-likeness (QED) is 0.0723. The van der Waals surface area contributed by atoms with E-state index < -0.39 is 0 Å². The molecule has 0 bridgehead atoms. The fraction of sp³-hybridized carbons (Fsp3) is 0.273. The monoisotopic (exact) mass is 592 g/mol. The van der Waals surface area contributed by atoms with Crippen molar-refractivity contribution in [1.82, 2.24) is 0 Å². The SMILES string of the molecule is CCCCSc1ccc(-c2cc(-c3ccc([IH]CCCC)cc3)cc(-c3cccc(C)c3)c2)cc1. The van der Waals surface area contributed by atoms with Crippen molar-refractivity contribution in [2.24, 2.45) is 0 Å². The number of rotatable bonds is 11. The number of hydrogen-bond donors (Lipinski definition) is 0. The molecule has 0 amide bonds. The van der Waals surface area contributed by atoms with Crippen molar-refractivity contribution in [3.8, 4) is 33.4 Å². The molecule has 4 aromatic rings. The predicted molar refractivity (Wildman–Crippen MR) is 167 cm³/mol. The van der Waals surface area contributed by atoms with E-state index in [0.29, 0.717) is 0 Å². The number of aryl methyl sites for hydroxylation is 1. The first kappa shape index (κ1) is 26.0. The summed E-state index contributed by atoms with van der Waals surface area (Å²) in [5.41, 5.74) is 9.02. The van der Waals surface area contributed by atoms with Gasteiger partial charge >= 0.3 is 202 Å². The molecule has 182 valence electrons. The molecule has 4 rings (SSSR count). The molecule has 4 aromatic carbocycles. The fourth-order valence-electron chi connectivity index (χ4n) is 4.11. The van der Waals surface area contributed by atoms with Crippen LogP contribution in [0.25, 0.3) is 33.4 Å². The first-order chi connectivity index (χ1) is 17.2. The molecular formula is C33H37IS. The van der Waals surface area contributed by atoms with Gasteiger partial charge in [-0.05, 0) is 12.2 Å². The zero-order valence-electron chi connectivity index (χ0n) is 21.2. The van der Waals surface area contributed by atoms with Gasteiger partial charge in [-0.1, -0.05) is 13.3 Å². The summed E-state index contributed by atoms with van der Waals surface area (Å²) in [5.74, 6) is 1.19. The molecule has 0 unspecified atom stereocenters. The van der Waals surface area contributed by atoms with Gasteiger partial charge in [-0.25, -0.2) is 0 Å². The fourth-order valence-corrected chi connectivity index (χ4v) is 7.95. The van der Waals surface area contributed by atoms with Crippen molar-refractivity contribution in [3.63, 3.8) is 0 Å². The molecule has 0 fully saturated rings. The van der Waals surface area contributed by atoms with Crippen LogP contribution in [0.5, 0.6) is 0 Å². The van der Waals surface area contributed by atoms with E-state index >= 15 is 0 Å². The molecular weight excluding hydrogens is 555 g/mol. The van der Waals surface area contributed by atoms with Gasteiger partial charge in [0, 0.05) is 0 Å². The molecule has 0 atom stereocenters. The Labute approximate surface area is 226 Å². The van der Waals surface area contributed by atoms with Crippen LogP contribution in [0, 0.1) is 10.5 Å². The molecule has 0 radical (unpaired) electrons. The Balaban J connectivity index is 1.67. The third kappa shape index (κ3) is 7.47. The average Bonchev–Trinajstić information content (AvgIpc) is 2.89. The van der Waals surface area contributed by atoms with Crippen LogP contribution in [0.4, 0.5) is 0 Å². The topological polar surface area (TPSA) is 0 Å².